The standard InChI is InChI=1S/C17H20O3/c1-8(2)13-12-7-11(15(18)19-3)14(13)17-10-5-4-9(6-10)16(12,17)20-17/h7,9-10,12,14H,4-6H2,1-3H3/t9-,10+,12+,14-,16-,17+/m0/s1. The van der Waals surface area contributed by atoms with Crippen molar-refractivity contribution in [3.63, 3.8) is 0 Å². The number of hydrogen-bond donors (Lipinski definition) is 0. The maximum absolute atomic E-state index is 12.2. The van der Waals surface area contributed by atoms with Gasteiger partial charge in [0.05, 0.1) is 7.11 Å². The summed E-state index contributed by atoms with van der Waals surface area (Å²) < 4.78 is 11.5. The Morgan fingerprint density at radius 3 is 2.65 bits per heavy atom. The molecule has 1 heterocycles. The van der Waals surface area contributed by atoms with E-state index < -0.39 is 0 Å². The van der Waals surface area contributed by atoms with Crippen LogP contribution in [0.2, 0.25) is 0 Å². The molecule has 0 unspecified atom stereocenters. The van der Waals surface area contributed by atoms with Crippen molar-refractivity contribution < 1.29 is 14.3 Å². The van der Waals surface area contributed by atoms with E-state index in [0.29, 0.717) is 17.8 Å². The first-order chi connectivity index (χ1) is 9.58. The second-order valence-corrected chi connectivity index (χ2v) is 7.37. The third-order valence-corrected chi connectivity index (χ3v) is 6.75. The Bertz CT molecular complexity index is 612. The van der Waals surface area contributed by atoms with E-state index in [1.165, 1.54) is 37.5 Å². The minimum Gasteiger partial charge on any atom is -0.466 e. The van der Waals surface area contributed by atoms with Crippen LogP contribution < -0.4 is 0 Å². The molecule has 6 atom stereocenters. The fraction of sp³-hybridized carbons (Fsp3) is 0.706. The fourth-order valence-electron chi connectivity index (χ4n) is 6.33. The molecule has 1 saturated heterocycles. The molecule has 4 fully saturated rings. The van der Waals surface area contributed by atoms with E-state index in [9.17, 15) is 4.79 Å². The molecule has 3 heteroatoms. The van der Waals surface area contributed by atoms with Crippen LogP contribution in [0.15, 0.2) is 22.8 Å². The number of methoxy groups -OCH3 is 1. The summed E-state index contributed by atoms with van der Waals surface area (Å²) in [5, 5.41) is 0. The summed E-state index contributed by atoms with van der Waals surface area (Å²) >= 11 is 0. The molecule has 1 aliphatic heterocycles. The molecular weight excluding hydrogens is 252 g/mol. The van der Waals surface area contributed by atoms with Gasteiger partial charge in [-0.3, -0.25) is 0 Å². The van der Waals surface area contributed by atoms with Gasteiger partial charge in [-0.1, -0.05) is 17.2 Å². The summed E-state index contributed by atoms with van der Waals surface area (Å²) in [5.74, 6) is 1.73. The SMILES string of the molecule is COC(=O)C1=C[C@@H]2C(=C(C)C)[C@H]1[C@@]13O[C@@]21[C@H]1CC[C@@H]3C1. The average molecular weight is 272 g/mol. The summed E-state index contributed by atoms with van der Waals surface area (Å²) in [5.41, 5.74) is 3.73. The van der Waals surface area contributed by atoms with Gasteiger partial charge in [0.15, 0.2) is 0 Å². The molecule has 0 N–H and O–H groups in total. The van der Waals surface area contributed by atoms with Crippen molar-refractivity contribution in [3.8, 4) is 0 Å². The van der Waals surface area contributed by atoms with Crippen LogP contribution in [0, 0.1) is 23.7 Å². The normalized spacial score (nSPS) is 52.8. The van der Waals surface area contributed by atoms with Crippen LogP contribution in [-0.2, 0) is 14.3 Å². The first kappa shape index (κ1) is 11.6. The van der Waals surface area contributed by atoms with Gasteiger partial charge < -0.3 is 9.47 Å². The monoisotopic (exact) mass is 272 g/mol. The number of hydrogen-bond acceptors (Lipinski definition) is 3. The number of carbonyl (C=O) groups excluding carboxylic acids is 1. The number of epoxide rings is 1. The lowest BCUT2D eigenvalue weighted by atomic mass is 9.71. The van der Waals surface area contributed by atoms with Crippen molar-refractivity contribution >= 4 is 5.97 Å². The molecule has 0 spiro atoms. The lowest BCUT2D eigenvalue weighted by molar-refractivity contribution is -0.136. The average Bonchev–Trinajstić information content (AvgIpc) is 2.81. The Balaban J connectivity index is 1.72. The summed E-state index contributed by atoms with van der Waals surface area (Å²) in [6.07, 6.45) is 6.07. The molecular formula is C17H20O3. The fourth-order valence-corrected chi connectivity index (χ4v) is 6.33. The Morgan fingerprint density at radius 2 is 2.00 bits per heavy atom. The molecule has 3 nitrogen and oxygen atoms in total. The molecule has 0 radical (unpaired) electrons. The topological polar surface area (TPSA) is 38.8 Å². The predicted octanol–water partition coefficient (Wildman–Crippen LogP) is 2.62. The third-order valence-electron chi connectivity index (χ3n) is 6.75. The highest BCUT2D eigenvalue weighted by molar-refractivity contribution is 5.93. The predicted molar refractivity (Wildman–Crippen MR) is 72.8 cm³/mol. The minimum absolute atomic E-state index is 0.0362. The van der Waals surface area contributed by atoms with Crippen LogP contribution >= 0.6 is 0 Å². The molecule has 4 bridgehead atoms. The molecule has 0 amide bonds. The minimum atomic E-state index is -0.155. The van der Waals surface area contributed by atoms with Gasteiger partial charge in [0.2, 0.25) is 0 Å². The summed E-state index contributed by atoms with van der Waals surface area (Å²) in [6.45, 7) is 4.36. The van der Waals surface area contributed by atoms with Gasteiger partial charge in [-0.05, 0) is 44.9 Å². The van der Waals surface area contributed by atoms with Crippen molar-refractivity contribution in [1.29, 1.82) is 0 Å². The lowest BCUT2D eigenvalue weighted by Gasteiger charge is -2.27. The largest absolute Gasteiger partial charge is 0.466 e. The number of ether oxygens (including phenoxy) is 2. The van der Waals surface area contributed by atoms with Crippen molar-refractivity contribution in [3.05, 3.63) is 22.8 Å². The van der Waals surface area contributed by atoms with Crippen LogP contribution in [-0.4, -0.2) is 24.3 Å². The number of carbonyl (C=O) groups is 1. The smallest absolute Gasteiger partial charge is 0.334 e. The third kappa shape index (κ3) is 0.851. The van der Waals surface area contributed by atoms with Crippen LogP contribution in [0.25, 0.3) is 0 Å². The first-order valence-electron chi connectivity index (χ1n) is 7.75. The number of allylic oxidation sites excluding steroid dienone is 1. The van der Waals surface area contributed by atoms with Gasteiger partial charge in [-0.15, -0.1) is 0 Å². The molecule has 20 heavy (non-hydrogen) atoms. The maximum atomic E-state index is 12.2. The van der Waals surface area contributed by atoms with Gasteiger partial charge in [-0.25, -0.2) is 4.79 Å². The zero-order valence-corrected chi connectivity index (χ0v) is 12.2. The highest BCUT2D eigenvalue weighted by Gasteiger charge is 2.92. The van der Waals surface area contributed by atoms with E-state index in [1.54, 1.807) is 0 Å². The van der Waals surface area contributed by atoms with Gasteiger partial charge >= 0.3 is 5.97 Å². The Labute approximate surface area is 119 Å². The second kappa shape index (κ2) is 3.06. The van der Waals surface area contributed by atoms with Crippen molar-refractivity contribution in [2.75, 3.05) is 7.11 Å². The zero-order valence-electron chi connectivity index (χ0n) is 12.2. The van der Waals surface area contributed by atoms with Crippen LogP contribution in [0.1, 0.15) is 33.1 Å². The van der Waals surface area contributed by atoms with Crippen LogP contribution in [0.4, 0.5) is 0 Å². The number of rotatable bonds is 1. The molecule has 106 valence electrons. The van der Waals surface area contributed by atoms with Crippen LogP contribution in [0.3, 0.4) is 0 Å². The Morgan fingerprint density at radius 1 is 1.30 bits per heavy atom. The Kier molecular flexibility index (Phi) is 1.77. The highest BCUT2D eigenvalue weighted by atomic mass is 16.6. The summed E-state index contributed by atoms with van der Waals surface area (Å²) in [4.78, 5) is 12.2. The van der Waals surface area contributed by atoms with E-state index >= 15 is 0 Å². The first-order valence-corrected chi connectivity index (χ1v) is 7.75. The van der Waals surface area contributed by atoms with E-state index in [4.69, 9.17) is 9.47 Å². The van der Waals surface area contributed by atoms with E-state index in [-0.39, 0.29) is 23.1 Å². The van der Waals surface area contributed by atoms with Gasteiger partial charge in [0.1, 0.15) is 11.2 Å². The van der Waals surface area contributed by atoms with Crippen molar-refractivity contribution in [2.24, 2.45) is 23.7 Å². The van der Waals surface area contributed by atoms with Crippen LogP contribution in [0.5, 0.6) is 0 Å². The quantitative estimate of drug-likeness (QED) is 0.418. The molecule has 5 aliphatic rings. The van der Waals surface area contributed by atoms with Crippen molar-refractivity contribution in [1.82, 2.24) is 0 Å². The number of esters is 1. The number of fused-ring (bicyclic) bond motifs is 4. The maximum Gasteiger partial charge on any atom is 0.334 e. The van der Waals surface area contributed by atoms with Gasteiger partial charge in [0.25, 0.3) is 0 Å². The van der Waals surface area contributed by atoms with E-state index in [1.807, 2.05) is 0 Å². The lowest BCUT2D eigenvalue weighted by Crippen LogP contribution is -2.38. The van der Waals surface area contributed by atoms with Crippen molar-refractivity contribution in [2.45, 2.75) is 44.3 Å². The molecule has 0 aromatic heterocycles. The second-order valence-electron chi connectivity index (χ2n) is 7.37. The molecule has 4 aliphatic carbocycles. The summed E-state index contributed by atoms with van der Waals surface area (Å²) in [6, 6.07) is 0. The summed E-state index contributed by atoms with van der Waals surface area (Å²) in [7, 11) is 1.48. The zero-order chi connectivity index (χ0) is 13.9. The molecule has 5 rings (SSSR count). The Hall–Kier alpha value is -1.09. The highest BCUT2D eigenvalue weighted by Crippen LogP contribution is 2.85. The molecule has 0 aromatic rings. The van der Waals surface area contributed by atoms with E-state index in [0.717, 1.165) is 5.57 Å². The van der Waals surface area contributed by atoms with Gasteiger partial charge in [0, 0.05) is 17.4 Å². The van der Waals surface area contributed by atoms with Gasteiger partial charge in [-0.2, -0.15) is 0 Å². The molecule has 3 saturated carbocycles. The molecule has 0 aromatic carbocycles. The van der Waals surface area contributed by atoms with E-state index in [2.05, 4.69) is 19.9 Å².